The van der Waals surface area contributed by atoms with E-state index in [1.807, 2.05) is 0 Å². The van der Waals surface area contributed by atoms with Crippen LogP contribution in [-0.2, 0) is 18.9 Å². The molecular formula is C13H22O7. The summed E-state index contributed by atoms with van der Waals surface area (Å²) in [6.45, 7) is 3.15. The molecule has 7 heteroatoms. The van der Waals surface area contributed by atoms with E-state index in [0.29, 0.717) is 12.8 Å². The molecule has 116 valence electrons. The minimum absolute atomic E-state index is 0.0911. The number of hydrogen-bond acceptors (Lipinski definition) is 7. The number of hydrogen-bond donors (Lipinski definition) is 1. The summed E-state index contributed by atoms with van der Waals surface area (Å²) in [5.74, 6) is 0. The van der Waals surface area contributed by atoms with E-state index < -0.39 is 12.3 Å². The first-order valence-electron chi connectivity index (χ1n) is 6.82. The molecule has 0 bridgehead atoms. The van der Waals surface area contributed by atoms with Gasteiger partial charge in [0.05, 0.1) is 12.7 Å². The maximum absolute atomic E-state index is 11.4. The summed E-state index contributed by atoms with van der Waals surface area (Å²) in [7, 11) is 0. The molecule has 0 aromatic rings. The molecule has 0 aliphatic heterocycles. The Bertz CT molecular complexity index is 316. The van der Waals surface area contributed by atoms with E-state index in [9.17, 15) is 9.59 Å². The van der Waals surface area contributed by atoms with Gasteiger partial charge < -0.3 is 24.1 Å². The van der Waals surface area contributed by atoms with Gasteiger partial charge in [0.1, 0.15) is 18.8 Å². The summed E-state index contributed by atoms with van der Waals surface area (Å²) in [6.07, 6.45) is 0.248. The second-order valence-corrected chi connectivity index (χ2v) is 4.88. The largest absolute Gasteiger partial charge is 0.508 e. The van der Waals surface area contributed by atoms with E-state index in [4.69, 9.17) is 19.3 Å². The molecule has 1 rings (SSSR count). The van der Waals surface area contributed by atoms with E-state index in [0.717, 1.165) is 12.8 Å². The molecular weight excluding hydrogens is 268 g/mol. The SMILES string of the molecule is CC(C)OC(=O)OC1CCCC(OC(=O)OCCO)C1. The molecule has 7 nitrogen and oxygen atoms in total. The Hall–Kier alpha value is -1.50. The Balaban J connectivity index is 2.31. The van der Waals surface area contributed by atoms with Crippen molar-refractivity contribution in [3.63, 3.8) is 0 Å². The van der Waals surface area contributed by atoms with Crippen molar-refractivity contribution in [1.29, 1.82) is 0 Å². The van der Waals surface area contributed by atoms with Crippen molar-refractivity contribution in [2.45, 2.75) is 57.8 Å². The van der Waals surface area contributed by atoms with Crippen LogP contribution in [0.3, 0.4) is 0 Å². The number of rotatable bonds is 5. The summed E-state index contributed by atoms with van der Waals surface area (Å²) in [6, 6.07) is 0. The van der Waals surface area contributed by atoms with Gasteiger partial charge >= 0.3 is 12.3 Å². The van der Waals surface area contributed by atoms with Crippen LogP contribution in [0.2, 0.25) is 0 Å². The summed E-state index contributed by atoms with van der Waals surface area (Å²) >= 11 is 0. The van der Waals surface area contributed by atoms with E-state index in [1.165, 1.54) is 0 Å². The van der Waals surface area contributed by atoms with Gasteiger partial charge in [-0.3, -0.25) is 0 Å². The molecule has 1 aliphatic carbocycles. The van der Waals surface area contributed by atoms with Crippen molar-refractivity contribution in [1.82, 2.24) is 0 Å². The lowest BCUT2D eigenvalue weighted by Gasteiger charge is -2.28. The highest BCUT2D eigenvalue weighted by Gasteiger charge is 2.28. The highest BCUT2D eigenvalue weighted by atomic mass is 16.7. The van der Waals surface area contributed by atoms with Crippen molar-refractivity contribution in [2.75, 3.05) is 13.2 Å². The zero-order chi connectivity index (χ0) is 15.0. The van der Waals surface area contributed by atoms with Gasteiger partial charge in [0.15, 0.2) is 0 Å². The molecule has 1 aliphatic rings. The van der Waals surface area contributed by atoms with Crippen LogP contribution in [0.15, 0.2) is 0 Å². The lowest BCUT2D eigenvalue weighted by molar-refractivity contribution is -0.0415. The monoisotopic (exact) mass is 290 g/mol. The number of aliphatic hydroxyl groups excluding tert-OH is 1. The molecule has 1 fully saturated rings. The molecule has 1 N–H and O–H groups in total. The van der Waals surface area contributed by atoms with Crippen molar-refractivity contribution >= 4 is 12.3 Å². The van der Waals surface area contributed by atoms with Crippen LogP contribution in [0, 0.1) is 0 Å². The van der Waals surface area contributed by atoms with Crippen molar-refractivity contribution in [3.8, 4) is 0 Å². The Morgan fingerprint density at radius 3 is 2.30 bits per heavy atom. The van der Waals surface area contributed by atoms with Crippen molar-refractivity contribution in [3.05, 3.63) is 0 Å². The summed E-state index contributed by atoms with van der Waals surface area (Å²) in [5.41, 5.74) is 0. The molecule has 0 aromatic heterocycles. The molecule has 0 aromatic carbocycles. The first-order chi connectivity index (χ1) is 9.51. The average Bonchev–Trinajstić information content (AvgIpc) is 2.35. The number of ether oxygens (including phenoxy) is 4. The highest BCUT2D eigenvalue weighted by molar-refractivity contribution is 5.60. The van der Waals surface area contributed by atoms with E-state index >= 15 is 0 Å². The predicted molar refractivity (Wildman–Crippen MR) is 68.3 cm³/mol. The Morgan fingerprint density at radius 2 is 1.75 bits per heavy atom. The third-order valence-electron chi connectivity index (χ3n) is 2.75. The molecule has 0 spiro atoms. The normalized spacial score (nSPS) is 22.2. The third kappa shape index (κ3) is 6.60. The Morgan fingerprint density at radius 1 is 1.15 bits per heavy atom. The fourth-order valence-corrected chi connectivity index (χ4v) is 1.97. The molecule has 2 atom stereocenters. The number of aliphatic hydroxyl groups is 1. The Labute approximate surface area is 118 Å². The average molecular weight is 290 g/mol. The smallest absolute Gasteiger partial charge is 0.432 e. The molecule has 20 heavy (non-hydrogen) atoms. The van der Waals surface area contributed by atoms with E-state index in [-0.39, 0.29) is 31.5 Å². The van der Waals surface area contributed by atoms with E-state index in [2.05, 4.69) is 4.74 Å². The standard InChI is InChI=1S/C13H22O7/c1-9(2)18-13(16)20-11-5-3-4-10(8-11)19-12(15)17-7-6-14/h9-11,14H,3-8H2,1-2H3. The fourth-order valence-electron chi connectivity index (χ4n) is 1.97. The van der Waals surface area contributed by atoms with Gasteiger partial charge in [0, 0.05) is 6.42 Å². The Kier molecular flexibility index (Phi) is 7.14. The lowest BCUT2D eigenvalue weighted by atomic mass is 9.95. The third-order valence-corrected chi connectivity index (χ3v) is 2.75. The van der Waals surface area contributed by atoms with Crippen LogP contribution in [0.25, 0.3) is 0 Å². The maximum Gasteiger partial charge on any atom is 0.508 e. The molecule has 1 saturated carbocycles. The lowest BCUT2D eigenvalue weighted by Crippen LogP contribution is -2.32. The van der Waals surface area contributed by atoms with Crippen LogP contribution in [0.1, 0.15) is 39.5 Å². The number of carbonyl (C=O) groups excluding carboxylic acids is 2. The zero-order valence-electron chi connectivity index (χ0n) is 11.9. The second-order valence-electron chi connectivity index (χ2n) is 4.88. The van der Waals surface area contributed by atoms with Gasteiger partial charge in [-0.1, -0.05) is 0 Å². The molecule has 0 heterocycles. The second kappa shape index (κ2) is 8.63. The van der Waals surface area contributed by atoms with Gasteiger partial charge in [0.25, 0.3) is 0 Å². The zero-order valence-corrected chi connectivity index (χ0v) is 11.9. The van der Waals surface area contributed by atoms with Gasteiger partial charge in [-0.2, -0.15) is 0 Å². The quantitative estimate of drug-likeness (QED) is 0.774. The van der Waals surface area contributed by atoms with Crippen molar-refractivity contribution in [2.24, 2.45) is 0 Å². The van der Waals surface area contributed by atoms with Gasteiger partial charge in [0.2, 0.25) is 0 Å². The van der Waals surface area contributed by atoms with Crippen LogP contribution in [0.4, 0.5) is 9.59 Å². The minimum atomic E-state index is -0.811. The van der Waals surface area contributed by atoms with Crippen LogP contribution < -0.4 is 0 Å². The maximum atomic E-state index is 11.4. The van der Waals surface area contributed by atoms with E-state index in [1.54, 1.807) is 13.8 Å². The molecule has 0 radical (unpaired) electrons. The van der Waals surface area contributed by atoms with Gasteiger partial charge in [-0.05, 0) is 33.1 Å². The summed E-state index contributed by atoms with van der Waals surface area (Å²) < 4.78 is 19.8. The van der Waals surface area contributed by atoms with Crippen LogP contribution in [-0.4, -0.2) is 48.9 Å². The molecule has 2 unspecified atom stereocenters. The minimum Gasteiger partial charge on any atom is -0.432 e. The van der Waals surface area contributed by atoms with Gasteiger partial charge in [-0.15, -0.1) is 0 Å². The highest BCUT2D eigenvalue weighted by Crippen LogP contribution is 2.24. The van der Waals surface area contributed by atoms with Crippen LogP contribution in [0.5, 0.6) is 0 Å². The fraction of sp³-hybridized carbons (Fsp3) is 0.846. The van der Waals surface area contributed by atoms with Crippen LogP contribution >= 0.6 is 0 Å². The van der Waals surface area contributed by atoms with Gasteiger partial charge in [-0.25, -0.2) is 9.59 Å². The number of carbonyl (C=O) groups is 2. The molecule has 0 saturated heterocycles. The topological polar surface area (TPSA) is 91.3 Å². The summed E-state index contributed by atoms with van der Waals surface area (Å²) in [5, 5.41) is 8.53. The first-order valence-corrected chi connectivity index (χ1v) is 6.82. The summed E-state index contributed by atoms with van der Waals surface area (Å²) in [4.78, 5) is 22.6. The predicted octanol–water partition coefficient (Wildman–Crippen LogP) is 2.00. The van der Waals surface area contributed by atoms with Crippen molar-refractivity contribution < 1.29 is 33.6 Å². The first kappa shape index (κ1) is 16.6. The molecule has 0 amide bonds.